The number of para-hydroxylation sites is 1. The van der Waals surface area contributed by atoms with E-state index in [-0.39, 0.29) is 24.9 Å². The van der Waals surface area contributed by atoms with E-state index in [1.54, 1.807) is 24.5 Å². The highest BCUT2D eigenvalue weighted by Gasteiger charge is 2.14. The minimum absolute atomic E-state index is 0.0188. The summed E-state index contributed by atoms with van der Waals surface area (Å²) in [7, 11) is 0. The summed E-state index contributed by atoms with van der Waals surface area (Å²) in [6.07, 6.45) is 4.03. The van der Waals surface area contributed by atoms with E-state index in [0.717, 1.165) is 23.1 Å². The van der Waals surface area contributed by atoms with Gasteiger partial charge in [-0.1, -0.05) is 32.0 Å². The van der Waals surface area contributed by atoms with Crippen LogP contribution in [0.15, 0.2) is 71.4 Å². The van der Waals surface area contributed by atoms with E-state index < -0.39 is 5.97 Å². The third kappa shape index (κ3) is 7.30. The van der Waals surface area contributed by atoms with Crippen LogP contribution < -0.4 is 15.4 Å². The molecule has 9 heteroatoms. The molecule has 0 saturated carbocycles. The standard InChI is InChI=1S/C28H30N4O5/c1-18(2)13-22(32-21-9-7-19(8-10-21)28(35)29-12-11-26(33)34)17-36-23-15-30-27(31-16-23)25-14-20-5-3-4-6-24(20)37-25/h3-10,14-16,18,22,32H,11-13,17H2,1-2H3,(H,29,35)(H,33,34). The van der Waals surface area contributed by atoms with Gasteiger partial charge in [0, 0.05) is 23.2 Å². The molecule has 0 bridgehead atoms. The summed E-state index contributed by atoms with van der Waals surface area (Å²) < 4.78 is 11.8. The molecular weight excluding hydrogens is 472 g/mol. The van der Waals surface area contributed by atoms with Gasteiger partial charge in [0.1, 0.15) is 12.2 Å². The van der Waals surface area contributed by atoms with Crippen LogP contribution >= 0.6 is 0 Å². The molecule has 9 nitrogen and oxygen atoms in total. The average molecular weight is 503 g/mol. The Kier molecular flexibility index (Phi) is 8.35. The highest BCUT2D eigenvalue weighted by Crippen LogP contribution is 2.26. The van der Waals surface area contributed by atoms with Crippen LogP contribution in [0, 0.1) is 5.92 Å². The fourth-order valence-electron chi connectivity index (χ4n) is 3.88. The van der Waals surface area contributed by atoms with Gasteiger partial charge in [-0.05, 0) is 48.7 Å². The van der Waals surface area contributed by atoms with Gasteiger partial charge < -0.3 is 24.9 Å². The van der Waals surface area contributed by atoms with Crippen molar-refractivity contribution in [3.8, 4) is 17.3 Å². The number of aromatic nitrogens is 2. The lowest BCUT2D eigenvalue weighted by Gasteiger charge is -2.22. The predicted molar refractivity (Wildman–Crippen MR) is 141 cm³/mol. The van der Waals surface area contributed by atoms with Crippen molar-refractivity contribution in [3.63, 3.8) is 0 Å². The molecule has 1 atom stereocenters. The first-order chi connectivity index (χ1) is 17.9. The van der Waals surface area contributed by atoms with Gasteiger partial charge in [-0.15, -0.1) is 0 Å². The van der Waals surface area contributed by atoms with E-state index in [4.69, 9.17) is 14.3 Å². The van der Waals surface area contributed by atoms with E-state index >= 15 is 0 Å². The zero-order valence-electron chi connectivity index (χ0n) is 20.8. The van der Waals surface area contributed by atoms with Gasteiger partial charge in [0.25, 0.3) is 5.91 Å². The number of carboxylic acids is 1. The molecular formula is C28H30N4O5. The Hall–Kier alpha value is -4.40. The molecule has 3 N–H and O–H groups in total. The molecule has 0 fully saturated rings. The topological polar surface area (TPSA) is 127 Å². The van der Waals surface area contributed by atoms with Gasteiger partial charge in [-0.2, -0.15) is 0 Å². The van der Waals surface area contributed by atoms with Gasteiger partial charge in [-0.25, -0.2) is 9.97 Å². The van der Waals surface area contributed by atoms with Crippen LogP contribution in [0.5, 0.6) is 5.75 Å². The summed E-state index contributed by atoms with van der Waals surface area (Å²) in [5.74, 6) is 0.836. The van der Waals surface area contributed by atoms with Crippen molar-refractivity contribution in [2.75, 3.05) is 18.5 Å². The first kappa shape index (κ1) is 25.7. The fraction of sp³-hybridized carbons (Fsp3) is 0.286. The molecule has 2 aromatic heterocycles. The second kappa shape index (κ2) is 12.0. The highest BCUT2D eigenvalue weighted by molar-refractivity contribution is 5.94. The number of carbonyl (C=O) groups excluding carboxylic acids is 1. The number of fused-ring (bicyclic) bond motifs is 1. The number of furan rings is 1. The van der Waals surface area contributed by atoms with Crippen molar-refractivity contribution < 1.29 is 23.8 Å². The first-order valence-electron chi connectivity index (χ1n) is 12.2. The van der Waals surface area contributed by atoms with Crippen LogP contribution in [0.4, 0.5) is 5.69 Å². The molecule has 1 amide bonds. The largest absolute Gasteiger partial charge is 0.488 e. The smallest absolute Gasteiger partial charge is 0.305 e. The Balaban J connectivity index is 1.34. The van der Waals surface area contributed by atoms with E-state index in [1.807, 2.05) is 42.5 Å². The number of nitrogens with zero attached hydrogens (tertiary/aromatic N) is 2. The fourth-order valence-corrected chi connectivity index (χ4v) is 3.88. The first-order valence-corrected chi connectivity index (χ1v) is 12.2. The second-order valence-electron chi connectivity index (χ2n) is 9.15. The van der Waals surface area contributed by atoms with E-state index in [9.17, 15) is 9.59 Å². The minimum atomic E-state index is -0.952. The zero-order chi connectivity index (χ0) is 26.2. The van der Waals surface area contributed by atoms with Gasteiger partial charge >= 0.3 is 5.97 Å². The number of benzene rings is 2. The molecule has 0 radical (unpaired) electrons. The van der Waals surface area contributed by atoms with Crippen LogP contribution in [-0.2, 0) is 4.79 Å². The SMILES string of the molecule is CC(C)CC(COc1cnc(-c2cc3ccccc3o2)nc1)Nc1ccc(C(=O)NCCC(=O)O)cc1. The van der Waals surface area contributed by atoms with Crippen molar-refractivity contribution in [2.45, 2.75) is 32.7 Å². The lowest BCUT2D eigenvalue weighted by Crippen LogP contribution is -2.29. The molecule has 192 valence electrons. The quantitative estimate of drug-likeness (QED) is 0.247. The van der Waals surface area contributed by atoms with Crippen molar-refractivity contribution in [3.05, 3.63) is 72.6 Å². The number of carboxylic acid groups (broad SMARTS) is 1. The summed E-state index contributed by atoms with van der Waals surface area (Å²) in [6.45, 7) is 4.78. The maximum atomic E-state index is 12.2. The van der Waals surface area contributed by atoms with Gasteiger partial charge in [0.15, 0.2) is 17.3 Å². The molecule has 2 heterocycles. The monoisotopic (exact) mass is 502 g/mol. The predicted octanol–water partition coefficient (Wildman–Crippen LogP) is 5.00. The van der Waals surface area contributed by atoms with Crippen LogP contribution in [0.2, 0.25) is 0 Å². The molecule has 0 saturated heterocycles. The van der Waals surface area contributed by atoms with Crippen LogP contribution in [0.25, 0.3) is 22.6 Å². The van der Waals surface area contributed by atoms with Crippen LogP contribution in [-0.4, -0.2) is 46.1 Å². The maximum absolute atomic E-state index is 12.2. The second-order valence-corrected chi connectivity index (χ2v) is 9.15. The number of hydrogen-bond acceptors (Lipinski definition) is 7. The molecule has 0 aliphatic rings. The van der Waals surface area contributed by atoms with Gasteiger partial charge in [0.05, 0.1) is 24.9 Å². The Morgan fingerprint density at radius 1 is 1.05 bits per heavy atom. The van der Waals surface area contributed by atoms with Gasteiger partial charge in [0.2, 0.25) is 0 Å². The zero-order valence-corrected chi connectivity index (χ0v) is 20.8. The highest BCUT2D eigenvalue weighted by atomic mass is 16.5. The van der Waals surface area contributed by atoms with Crippen molar-refractivity contribution in [1.29, 1.82) is 0 Å². The van der Waals surface area contributed by atoms with Crippen LogP contribution in [0.1, 0.15) is 37.0 Å². The number of nitrogens with one attached hydrogen (secondary N) is 2. The summed E-state index contributed by atoms with van der Waals surface area (Å²) in [5.41, 5.74) is 2.11. The van der Waals surface area contributed by atoms with Crippen LogP contribution in [0.3, 0.4) is 0 Å². The number of hydrogen-bond donors (Lipinski definition) is 3. The Morgan fingerprint density at radius 2 is 1.78 bits per heavy atom. The molecule has 0 spiro atoms. The summed E-state index contributed by atoms with van der Waals surface area (Å²) in [6, 6.07) is 16.8. The third-order valence-electron chi connectivity index (χ3n) is 5.62. The van der Waals surface area contributed by atoms with Crippen molar-refractivity contribution >= 4 is 28.5 Å². The normalized spacial score (nSPS) is 11.9. The molecule has 0 aliphatic carbocycles. The minimum Gasteiger partial charge on any atom is -0.488 e. The van der Waals surface area contributed by atoms with E-state index in [2.05, 4.69) is 34.4 Å². The van der Waals surface area contributed by atoms with Crippen molar-refractivity contribution in [2.24, 2.45) is 5.92 Å². The Morgan fingerprint density at radius 3 is 2.46 bits per heavy atom. The number of carbonyl (C=O) groups is 2. The number of anilines is 1. The molecule has 37 heavy (non-hydrogen) atoms. The third-order valence-corrected chi connectivity index (χ3v) is 5.62. The Labute approximate surface area is 214 Å². The lowest BCUT2D eigenvalue weighted by molar-refractivity contribution is -0.136. The maximum Gasteiger partial charge on any atom is 0.305 e. The molecule has 4 rings (SSSR count). The molecule has 1 unspecified atom stereocenters. The average Bonchev–Trinajstić information content (AvgIpc) is 3.32. The van der Waals surface area contributed by atoms with Crippen molar-refractivity contribution in [1.82, 2.24) is 15.3 Å². The van der Waals surface area contributed by atoms with E-state index in [1.165, 1.54) is 0 Å². The van der Waals surface area contributed by atoms with E-state index in [0.29, 0.717) is 35.4 Å². The summed E-state index contributed by atoms with van der Waals surface area (Å²) in [5, 5.41) is 15.8. The molecule has 4 aromatic rings. The summed E-state index contributed by atoms with van der Waals surface area (Å²) in [4.78, 5) is 31.6. The molecule has 0 aliphatic heterocycles. The number of ether oxygens (including phenoxy) is 1. The number of rotatable bonds is 12. The van der Waals surface area contributed by atoms with Gasteiger partial charge in [-0.3, -0.25) is 9.59 Å². The number of aliphatic carboxylic acids is 1. The summed E-state index contributed by atoms with van der Waals surface area (Å²) >= 11 is 0. The lowest BCUT2D eigenvalue weighted by atomic mass is 10.0. The Bertz CT molecular complexity index is 1300. The molecule has 2 aromatic carbocycles. The number of amides is 1.